The summed E-state index contributed by atoms with van der Waals surface area (Å²) < 4.78 is 0. The average molecular weight is 969 g/mol. The molecular formula is C74H52N2. The average Bonchev–Trinajstić information content (AvgIpc) is 3.86. The molecule has 0 radical (unpaired) electrons. The molecule has 0 fully saturated rings. The van der Waals surface area contributed by atoms with Gasteiger partial charge in [0.15, 0.2) is 0 Å². The second kappa shape index (κ2) is 15.3. The van der Waals surface area contributed by atoms with E-state index in [-0.39, 0.29) is 0 Å². The number of anilines is 4. The lowest BCUT2D eigenvalue weighted by Crippen LogP contribution is -2.28. The van der Waals surface area contributed by atoms with Gasteiger partial charge in [0.2, 0.25) is 0 Å². The van der Waals surface area contributed by atoms with Gasteiger partial charge in [-0.15, -0.1) is 0 Å². The van der Waals surface area contributed by atoms with Crippen LogP contribution >= 0.6 is 0 Å². The van der Waals surface area contributed by atoms with E-state index in [0.717, 1.165) is 25.9 Å². The highest BCUT2D eigenvalue weighted by Gasteiger charge is 2.56. The molecule has 6 aliphatic carbocycles. The smallest absolute Gasteiger partial charge is 0.0726 e. The largest absolute Gasteiger partial charge is 0.342 e. The predicted octanol–water partition coefficient (Wildman–Crippen LogP) is 17.8. The highest BCUT2D eigenvalue weighted by Crippen LogP contribution is 2.69. The maximum absolute atomic E-state index is 2.66. The summed E-state index contributed by atoms with van der Waals surface area (Å²) in [6, 6.07) is 89.2. The Hall–Kier alpha value is -8.98. The van der Waals surface area contributed by atoms with Crippen molar-refractivity contribution in [1.29, 1.82) is 0 Å². The van der Waals surface area contributed by atoms with Crippen LogP contribution in [0.2, 0.25) is 0 Å². The van der Waals surface area contributed by atoms with E-state index in [0.29, 0.717) is 0 Å². The van der Waals surface area contributed by atoms with Crippen molar-refractivity contribution < 1.29 is 0 Å². The highest BCUT2D eigenvalue weighted by molar-refractivity contribution is 6.02. The predicted molar refractivity (Wildman–Crippen MR) is 314 cm³/mol. The molecule has 0 aliphatic heterocycles. The van der Waals surface area contributed by atoms with Crippen molar-refractivity contribution >= 4 is 22.7 Å². The van der Waals surface area contributed by atoms with E-state index in [1.807, 2.05) is 0 Å². The lowest BCUT2D eigenvalue weighted by Gasteiger charge is -2.33. The van der Waals surface area contributed by atoms with E-state index in [4.69, 9.17) is 0 Å². The second-order valence-electron chi connectivity index (χ2n) is 21.8. The first kappa shape index (κ1) is 42.4. The molecule has 2 heteroatoms. The zero-order valence-corrected chi connectivity index (χ0v) is 42.7. The van der Waals surface area contributed by atoms with Crippen LogP contribution in [0.1, 0.15) is 80.6 Å². The zero-order valence-electron chi connectivity index (χ0n) is 42.7. The third-order valence-electron chi connectivity index (χ3n) is 18.8. The van der Waals surface area contributed by atoms with Gasteiger partial charge in [-0.05, 0) is 196 Å². The van der Waals surface area contributed by atoms with Gasteiger partial charge in [-0.2, -0.15) is 0 Å². The zero-order chi connectivity index (χ0) is 50.0. The summed E-state index contributed by atoms with van der Waals surface area (Å²) in [4.78, 5) is 5.15. The van der Waals surface area contributed by atoms with E-state index >= 15 is 0 Å². The Balaban J connectivity index is 0.917. The lowest BCUT2D eigenvalue weighted by molar-refractivity contribution is 0.782. The van der Waals surface area contributed by atoms with Crippen LogP contribution in [0, 0.1) is 0 Å². The summed E-state index contributed by atoms with van der Waals surface area (Å²) in [6.45, 7) is 6.33. The summed E-state index contributed by atoms with van der Waals surface area (Å²) in [7, 11) is 0. The van der Waals surface area contributed by atoms with Crippen LogP contribution in [0.3, 0.4) is 0 Å². The molecule has 2 nitrogen and oxygen atoms in total. The van der Waals surface area contributed by atoms with Gasteiger partial charge in [0, 0.05) is 48.7 Å². The number of benzene rings is 11. The van der Waals surface area contributed by atoms with Crippen molar-refractivity contribution in [3.63, 3.8) is 0 Å². The molecule has 358 valence electrons. The fraction of sp³-hybridized carbons (Fsp3) is 0.108. The van der Waals surface area contributed by atoms with Crippen molar-refractivity contribution in [3.05, 3.63) is 297 Å². The van der Waals surface area contributed by atoms with Crippen molar-refractivity contribution in [2.45, 2.75) is 37.5 Å². The topological polar surface area (TPSA) is 6.48 Å². The molecule has 0 bridgehead atoms. The maximum Gasteiger partial charge on any atom is 0.0726 e. The van der Waals surface area contributed by atoms with Crippen molar-refractivity contribution in [3.8, 4) is 66.8 Å². The van der Waals surface area contributed by atoms with Gasteiger partial charge >= 0.3 is 0 Å². The standard InChI is InChI=1S/C74H52N2/c1-3-75(71-33-17-27-51-49-21-7-5-19-45(49)39-61(51)71)47-35-37-57-59-43-70-60(44-69(59)73(67(57)41-47)63-29-13-9-23-53(63)54-24-10-14-30-64(54)73)58-38-36-48(76(4-2)72-34-18-28-52-50-22-8-6-20-46(50)40-62(52)72)42-68(58)74(70)65-31-15-11-25-55(65)56-26-12-16-32-66(56)74/h5-38,41-44H,3-4,39-40H2,1-2H3. The SMILES string of the molecule is CCN(c1ccc2c(c1)C1(c3ccccc3-c3ccccc31)c1cc3c(cc1-2)C1(c2ccccc2-c2ccccc21)c1cc(N(CC)c2cccc4c2Cc2ccccc2-4)ccc1-3)c1cccc2c1Cc1ccccc1-2. The third-order valence-corrected chi connectivity index (χ3v) is 18.8. The molecule has 17 rings (SSSR count). The molecule has 0 aromatic heterocycles. The molecule has 0 saturated heterocycles. The quantitative estimate of drug-likeness (QED) is 0.164. The molecule has 6 aliphatic rings. The van der Waals surface area contributed by atoms with Crippen LogP contribution in [0.5, 0.6) is 0 Å². The third kappa shape index (κ3) is 5.17. The molecule has 0 N–H and O–H groups in total. The molecule has 11 aromatic rings. The Labute approximate surface area is 444 Å². The van der Waals surface area contributed by atoms with Gasteiger partial charge < -0.3 is 9.80 Å². The summed E-state index contributed by atoms with van der Waals surface area (Å²) in [5, 5.41) is 0. The Morgan fingerprint density at radius 3 is 0.974 bits per heavy atom. The van der Waals surface area contributed by atoms with E-state index < -0.39 is 10.8 Å². The summed E-state index contributed by atoms with van der Waals surface area (Å²) in [6.07, 6.45) is 1.89. The summed E-state index contributed by atoms with van der Waals surface area (Å²) >= 11 is 0. The monoisotopic (exact) mass is 968 g/mol. The van der Waals surface area contributed by atoms with Gasteiger partial charge in [0.05, 0.1) is 10.8 Å². The van der Waals surface area contributed by atoms with Gasteiger partial charge in [-0.1, -0.05) is 182 Å². The van der Waals surface area contributed by atoms with Crippen molar-refractivity contribution in [1.82, 2.24) is 0 Å². The maximum atomic E-state index is 2.66. The van der Waals surface area contributed by atoms with Crippen molar-refractivity contribution in [2.24, 2.45) is 0 Å². The number of hydrogen-bond acceptors (Lipinski definition) is 2. The Bertz CT molecular complexity index is 3990. The first-order chi connectivity index (χ1) is 37.6. The first-order valence-electron chi connectivity index (χ1n) is 27.4. The molecule has 0 atom stereocenters. The molecule has 0 amide bonds. The second-order valence-corrected chi connectivity index (χ2v) is 21.8. The number of rotatable bonds is 6. The Morgan fingerprint density at radius 2 is 0.592 bits per heavy atom. The molecule has 11 aromatic carbocycles. The molecule has 2 spiro atoms. The minimum absolute atomic E-state index is 0.539. The first-order valence-corrected chi connectivity index (χ1v) is 27.4. The Morgan fingerprint density at radius 1 is 0.276 bits per heavy atom. The molecular weight excluding hydrogens is 917 g/mol. The van der Waals surface area contributed by atoms with E-state index in [2.05, 4.69) is 254 Å². The van der Waals surface area contributed by atoms with Crippen LogP contribution in [-0.2, 0) is 23.7 Å². The van der Waals surface area contributed by atoms with E-state index in [1.54, 1.807) is 0 Å². The van der Waals surface area contributed by atoms with Crippen molar-refractivity contribution in [2.75, 3.05) is 22.9 Å². The fourth-order valence-corrected chi connectivity index (χ4v) is 15.8. The minimum Gasteiger partial charge on any atom is -0.342 e. The Kier molecular flexibility index (Phi) is 8.54. The minimum atomic E-state index is -0.539. The van der Waals surface area contributed by atoms with Gasteiger partial charge in [0.25, 0.3) is 0 Å². The van der Waals surface area contributed by atoms with Gasteiger partial charge in [-0.25, -0.2) is 0 Å². The highest BCUT2D eigenvalue weighted by atomic mass is 15.1. The normalized spacial score (nSPS) is 14.7. The van der Waals surface area contributed by atoms with Gasteiger partial charge in [0.1, 0.15) is 0 Å². The summed E-state index contributed by atoms with van der Waals surface area (Å²) in [5.41, 5.74) is 36.6. The van der Waals surface area contributed by atoms with Crippen LogP contribution in [0.25, 0.3) is 66.8 Å². The number of nitrogens with zero attached hydrogens (tertiary/aromatic N) is 2. The fourth-order valence-electron chi connectivity index (χ4n) is 15.8. The van der Waals surface area contributed by atoms with Crippen LogP contribution in [-0.4, -0.2) is 13.1 Å². The van der Waals surface area contributed by atoms with Gasteiger partial charge in [-0.3, -0.25) is 0 Å². The molecule has 76 heavy (non-hydrogen) atoms. The van der Waals surface area contributed by atoms with Crippen LogP contribution in [0.4, 0.5) is 22.7 Å². The van der Waals surface area contributed by atoms with Crippen LogP contribution < -0.4 is 9.80 Å². The van der Waals surface area contributed by atoms with E-state index in [1.165, 1.54) is 156 Å². The number of fused-ring (bicyclic) bond motifs is 26. The number of hydrogen-bond donors (Lipinski definition) is 0. The molecule has 0 saturated carbocycles. The van der Waals surface area contributed by atoms with E-state index in [9.17, 15) is 0 Å². The summed E-state index contributed by atoms with van der Waals surface area (Å²) in [5.74, 6) is 0. The molecule has 0 heterocycles. The molecule has 0 unspecified atom stereocenters. The lowest BCUT2D eigenvalue weighted by atomic mass is 9.68. The van der Waals surface area contributed by atoms with Crippen LogP contribution in [0.15, 0.2) is 231 Å².